The van der Waals surface area contributed by atoms with Gasteiger partial charge in [0, 0.05) is 28.4 Å². The molecule has 0 aliphatic heterocycles. The highest BCUT2D eigenvalue weighted by Crippen LogP contribution is 2.29. The first kappa shape index (κ1) is 19.8. The number of amides is 2. The lowest BCUT2D eigenvalue weighted by atomic mass is 10.1. The molecular weight excluding hydrogens is 372 g/mol. The van der Waals surface area contributed by atoms with Crippen LogP contribution in [0.5, 0.6) is 0 Å². The number of benzene rings is 2. The Morgan fingerprint density at radius 1 is 0.964 bits per heavy atom. The summed E-state index contributed by atoms with van der Waals surface area (Å²) in [5.74, 6) is -0.253. The SMILES string of the molecule is Cc1ccc(Sc2ccc(NC(=O)CCNC(=O)c3ccco3)cc2)cc1C. The second-order valence-electron chi connectivity index (χ2n) is 6.40. The molecule has 28 heavy (non-hydrogen) atoms. The van der Waals surface area contributed by atoms with Gasteiger partial charge < -0.3 is 15.1 Å². The minimum absolute atomic E-state index is 0.158. The number of carbonyl (C=O) groups is 2. The van der Waals surface area contributed by atoms with Crippen LogP contribution < -0.4 is 10.6 Å². The Labute approximate surface area is 168 Å². The van der Waals surface area contributed by atoms with Gasteiger partial charge in [-0.15, -0.1) is 0 Å². The average molecular weight is 394 g/mol. The summed E-state index contributed by atoms with van der Waals surface area (Å²) in [6.45, 7) is 4.45. The van der Waals surface area contributed by atoms with Gasteiger partial charge in [0.15, 0.2) is 5.76 Å². The van der Waals surface area contributed by atoms with Crippen LogP contribution in [0.1, 0.15) is 28.1 Å². The molecule has 0 fully saturated rings. The number of anilines is 1. The molecule has 1 heterocycles. The predicted molar refractivity (Wildman–Crippen MR) is 111 cm³/mol. The molecule has 2 N–H and O–H groups in total. The van der Waals surface area contributed by atoms with Crippen molar-refractivity contribution in [2.75, 3.05) is 11.9 Å². The van der Waals surface area contributed by atoms with Crippen molar-refractivity contribution in [1.29, 1.82) is 0 Å². The fraction of sp³-hybridized carbons (Fsp3) is 0.182. The molecule has 3 rings (SSSR count). The standard InChI is InChI=1S/C22H22N2O3S/c1-15-5-8-19(14-16(15)2)28-18-9-6-17(7-10-18)24-21(25)11-12-23-22(26)20-4-3-13-27-20/h3-10,13-14H,11-12H2,1-2H3,(H,23,26)(H,24,25). The molecule has 0 spiro atoms. The zero-order chi connectivity index (χ0) is 19.9. The van der Waals surface area contributed by atoms with Gasteiger partial charge in [0.05, 0.1) is 6.26 Å². The van der Waals surface area contributed by atoms with Gasteiger partial charge in [-0.05, 0) is 73.5 Å². The van der Waals surface area contributed by atoms with Gasteiger partial charge in [-0.1, -0.05) is 17.8 Å². The average Bonchev–Trinajstić information content (AvgIpc) is 3.21. The van der Waals surface area contributed by atoms with E-state index in [1.54, 1.807) is 23.9 Å². The van der Waals surface area contributed by atoms with Crippen LogP contribution in [0.15, 0.2) is 75.1 Å². The van der Waals surface area contributed by atoms with E-state index < -0.39 is 0 Å². The van der Waals surface area contributed by atoms with Crippen molar-refractivity contribution in [3.05, 3.63) is 77.7 Å². The van der Waals surface area contributed by atoms with E-state index in [-0.39, 0.29) is 30.5 Å². The van der Waals surface area contributed by atoms with Crippen molar-refractivity contribution < 1.29 is 14.0 Å². The van der Waals surface area contributed by atoms with E-state index in [9.17, 15) is 9.59 Å². The molecule has 144 valence electrons. The van der Waals surface area contributed by atoms with Gasteiger partial charge in [-0.3, -0.25) is 9.59 Å². The highest BCUT2D eigenvalue weighted by molar-refractivity contribution is 7.99. The fourth-order valence-electron chi connectivity index (χ4n) is 2.53. The summed E-state index contributed by atoms with van der Waals surface area (Å²) in [6.07, 6.45) is 1.62. The molecule has 0 atom stereocenters. The molecular formula is C22H22N2O3S. The highest BCUT2D eigenvalue weighted by Gasteiger charge is 2.09. The summed E-state index contributed by atoms with van der Waals surface area (Å²) in [6, 6.07) is 17.3. The topological polar surface area (TPSA) is 71.3 Å². The van der Waals surface area contributed by atoms with E-state index in [0.29, 0.717) is 0 Å². The summed E-state index contributed by atoms with van der Waals surface area (Å²) < 4.78 is 5.00. The number of furan rings is 1. The van der Waals surface area contributed by atoms with Crippen molar-refractivity contribution >= 4 is 29.3 Å². The summed E-state index contributed by atoms with van der Waals surface area (Å²) >= 11 is 1.68. The predicted octanol–water partition coefficient (Wildman–Crippen LogP) is 4.81. The third-order valence-electron chi connectivity index (χ3n) is 4.23. The summed E-state index contributed by atoms with van der Waals surface area (Å²) in [5.41, 5.74) is 3.28. The summed E-state index contributed by atoms with van der Waals surface area (Å²) in [5, 5.41) is 5.48. The maximum Gasteiger partial charge on any atom is 0.286 e. The number of nitrogens with one attached hydrogen (secondary N) is 2. The molecule has 2 amide bonds. The Bertz CT molecular complexity index is 950. The third kappa shape index (κ3) is 5.50. The van der Waals surface area contributed by atoms with Crippen molar-refractivity contribution in [3.8, 4) is 0 Å². The van der Waals surface area contributed by atoms with Crippen molar-refractivity contribution in [2.24, 2.45) is 0 Å². The van der Waals surface area contributed by atoms with Crippen molar-refractivity contribution in [2.45, 2.75) is 30.1 Å². The first-order valence-electron chi connectivity index (χ1n) is 8.98. The lowest BCUT2D eigenvalue weighted by Crippen LogP contribution is -2.27. The number of aryl methyl sites for hydroxylation is 2. The van der Waals surface area contributed by atoms with Crippen molar-refractivity contribution in [3.63, 3.8) is 0 Å². The lowest BCUT2D eigenvalue weighted by molar-refractivity contribution is -0.116. The Morgan fingerprint density at radius 2 is 1.71 bits per heavy atom. The molecule has 0 aliphatic carbocycles. The van der Waals surface area contributed by atoms with Gasteiger partial charge in [-0.2, -0.15) is 0 Å². The van der Waals surface area contributed by atoms with E-state index in [1.807, 2.05) is 24.3 Å². The lowest BCUT2D eigenvalue weighted by Gasteiger charge is -2.08. The zero-order valence-electron chi connectivity index (χ0n) is 15.8. The van der Waals surface area contributed by atoms with E-state index in [1.165, 1.54) is 22.3 Å². The monoisotopic (exact) mass is 394 g/mol. The molecule has 0 radical (unpaired) electrons. The quantitative estimate of drug-likeness (QED) is 0.603. The number of rotatable bonds is 7. The normalized spacial score (nSPS) is 10.5. The van der Waals surface area contributed by atoms with E-state index in [4.69, 9.17) is 4.42 Å². The second kappa shape index (κ2) is 9.28. The molecule has 6 heteroatoms. The Balaban J connectivity index is 1.46. The molecule has 5 nitrogen and oxygen atoms in total. The van der Waals surface area contributed by atoms with Gasteiger partial charge in [-0.25, -0.2) is 0 Å². The maximum absolute atomic E-state index is 12.0. The molecule has 1 aromatic heterocycles. The summed E-state index contributed by atoms with van der Waals surface area (Å²) in [4.78, 5) is 26.1. The highest BCUT2D eigenvalue weighted by atomic mass is 32.2. The molecule has 3 aromatic rings. The van der Waals surface area contributed by atoms with Gasteiger partial charge in [0.25, 0.3) is 5.91 Å². The molecule has 2 aromatic carbocycles. The fourth-order valence-corrected chi connectivity index (χ4v) is 3.44. The van der Waals surface area contributed by atoms with Crippen LogP contribution >= 0.6 is 11.8 Å². The van der Waals surface area contributed by atoms with Crippen LogP contribution in [-0.2, 0) is 4.79 Å². The zero-order valence-corrected chi connectivity index (χ0v) is 16.6. The van der Waals surface area contributed by atoms with Crippen LogP contribution in [0.4, 0.5) is 5.69 Å². The van der Waals surface area contributed by atoms with Crippen LogP contribution in [0.3, 0.4) is 0 Å². The largest absolute Gasteiger partial charge is 0.459 e. The number of hydrogen-bond acceptors (Lipinski definition) is 4. The van der Waals surface area contributed by atoms with Crippen molar-refractivity contribution in [1.82, 2.24) is 5.32 Å². The Kier molecular flexibility index (Phi) is 6.55. The van der Waals surface area contributed by atoms with E-state index >= 15 is 0 Å². The smallest absolute Gasteiger partial charge is 0.286 e. The number of carbonyl (C=O) groups excluding carboxylic acids is 2. The summed E-state index contributed by atoms with van der Waals surface area (Å²) in [7, 11) is 0. The minimum atomic E-state index is -0.328. The number of hydrogen-bond donors (Lipinski definition) is 2. The molecule has 0 aliphatic rings. The Morgan fingerprint density at radius 3 is 2.39 bits per heavy atom. The van der Waals surface area contributed by atoms with Crippen LogP contribution in [0, 0.1) is 13.8 Å². The first-order valence-corrected chi connectivity index (χ1v) is 9.79. The van der Waals surface area contributed by atoms with Gasteiger partial charge in [0.2, 0.25) is 5.91 Å². The molecule has 0 saturated carbocycles. The van der Waals surface area contributed by atoms with E-state index in [0.717, 1.165) is 10.6 Å². The maximum atomic E-state index is 12.0. The molecule has 0 bridgehead atoms. The second-order valence-corrected chi connectivity index (χ2v) is 7.55. The van der Waals surface area contributed by atoms with Crippen LogP contribution in [-0.4, -0.2) is 18.4 Å². The molecule has 0 unspecified atom stereocenters. The third-order valence-corrected chi connectivity index (χ3v) is 5.23. The molecule has 0 saturated heterocycles. The van der Waals surface area contributed by atoms with Crippen LogP contribution in [0.2, 0.25) is 0 Å². The Hall–Kier alpha value is -2.99. The first-order chi connectivity index (χ1) is 13.5. The minimum Gasteiger partial charge on any atom is -0.459 e. The van der Waals surface area contributed by atoms with Crippen LogP contribution in [0.25, 0.3) is 0 Å². The van der Waals surface area contributed by atoms with Gasteiger partial charge >= 0.3 is 0 Å². The van der Waals surface area contributed by atoms with E-state index in [2.05, 4.69) is 42.7 Å². The van der Waals surface area contributed by atoms with Gasteiger partial charge in [0.1, 0.15) is 0 Å².